The Hall–Kier alpha value is -2.29. The van der Waals surface area contributed by atoms with Crippen molar-refractivity contribution in [3.63, 3.8) is 0 Å². The molecule has 0 fully saturated rings. The van der Waals surface area contributed by atoms with Gasteiger partial charge in [-0.1, -0.05) is 29.5 Å². The lowest BCUT2D eigenvalue weighted by Crippen LogP contribution is -2.32. The van der Waals surface area contributed by atoms with Crippen LogP contribution in [0.25, 0.3) is 0 Å². The van der Waals surface area contributed by atoms with Crippen molar-refractivity contribution in [3.8, 4) is 17.6 Å². The summed E-state index contributed by atoms with van der Waals surface area (Å²) in [7, 11) is -1.93. The van der Waals surface area contributed by atoms with Gasteiger partial charge in [0.1, 0.15) is 5.75 Å². The lowest BCUT2D eigenvalue weighted by atomic mass is 10.0. The van der Waals surface area contributed by atoms with Gasteiger partial charge in [-0.3, -0.25) is 0 Å². The van der Waals surface area contributed by atoms with Crippen molar-refractivity contribution in [1.82, 2.24) is 4.31 Å². The molecule has 0 N–H and O–H groups in total. The lowest BCUT2D eigenvalue weighted by Gasteiger charge is -2.24. The second kappa shape index (κ2) is 6.91. The Labute approximate surface area is 149 Å². The first-order valence-corrected chi connectivity index (χ1v) is 9.59. The molecule has 1 aliphatic heterocycles. The average Bonchev–Trinajstić information content (AvgIpc) is 2.56. The van der Waals surface area contributed by atoms with Gasteiger partial charge in [0.2, 0.25) is 10.0 Å². The summed E-state index contributed by atoms with van der Waals surface area (Å²) in [5, 5.41) is 0. The van der Waals surface area contributed by atoms with E-state index in [1.807, 2.05) is 38.1 Å². The number of sulfonamides is 1. The van der Waals surface area contributed by atoms with Crippen molar-refractivity contribution in [2.24, 2.45) is 0 Å². The topological polar surface area (TPSA) is 46.6 Å². The average molecular weight is 355 g/mol. The Bertz CT molecular complexity index is 951. The summed E-state index contributed by atoms with van der Waals surface area (Å²) in [6.07, 6.45) is 0.501. The molecule has 2 aromatic carbocycles. The summed E-state index contributed by atoms with van der Waals surface area (Å²) < 4.78 is 32.9. The van der Waals surface area contributed by atoms with Gasteiger partial charge in [-0.2, -0.15) is 4.31 Å². The van der Waals surface area contributed by atoms with E-state index in [1.54, 1.807) is 19.2 Å². The molecule has 0 saturated carbocycles. The Morgan fingerprint density at radius 1 is 1.12 bits per heavy atom. The summed E-state index contributed by atoms with van der Waals surface area (Å²) in [6, 6.07) is 10.8. The van der Waals surface area contributed by atoms with Gasteiger partial charge in [-0.15, -0.1) is 0 Å². The van der Waals surface area contributed by atoms with Gasteiger partial charge in [0.15, 0.2) is 0 Å². The summed E-state index contributed by atoms with van der Waals surface area (Å²) in [5.41, 5.74) is 3.73. The first-order chi connectivity index (χ1) is 11.9. The van der Waals surface area contributed by atoms with Gasteiger partial charge in [0.25, 0.3) is 0 Å². The van der Waals surface area contributed by atoms with Crippen molar-refractivity contribution in [2.75, 3.05) is 13.7 Å². The first-order valence-electron chi connectivity index (χ1n) is 8.15. The van der Waals surface area contributed by atoms with Gasteiger partial charge < -0.3 is 4.74 Å². The fraction of sp³-hybridized carbons (Fsp3) is 0.300. The van der Waals surface area contributed by atoms with Gasteiger partial charge in [-0.05, 0) is 49.2 Å². The number of methoxy groups -OCH3 is 1. The smallest absolute Gasteiger partial charge is 0.243 e. The van der Waals surface area contributed by atoms with Crippen LogP contribution in [0.15, 0.2) is 41.3 Å². The SMILES string of the molecule is COc1cc2c(cc1C)CN(S(=O)(=O)c1ccc(C)cc1)CCC#C2. The number of benzene rings is 2. The number of nitrogens with zero attached hydrogens (tertiary/aromatic N) is 1. The number of hydrogen-bond donors (Lipinski definition) is 0. The van der Waals surface area contributed by atoms with Crippen LogP contribution < -0.4 is 4.74 Å². The van der Waals surface area contributed by atoms with E-state index >= 15 is 0 Å². The third kappa shape index (κ3) is 3.55. The number of rotatable bonds is 3. The molecule has 0 saturated heterocycles. The van der Waals surface area contributed by atoms with Crippen LogP contribution in [0.1, 0.15) is 28.7 Å². The Balaban J connectivity index is 2.01. The molecule has 0 spiro atoms. The van der Waals surface area contributed by atoms with Gasteiger partial charge in [0, 0.05) is 25.1 Å². The van der Waals surface area contributed by atoms with Crippen LogP contribution in [0.3, 0.4) is 0 Å². The van der Waals surface area contributed by atoms with Gasteiger partial charge >= 0.3 is 0 Å². The maximum atomic E-state index is 13.0. The molecule has 0 amide bonds. The van der Waals surface area contributed by atoms with E-state index < -0.39 is 10.0 Å². The van der Waals surface area contributed by atoms with Gasteiger partial charge in [-0.25, -0.2) is 8.42 Å². The standard InChI is InChI=1S/C20H21NO3S/c1-15-7-9-19(10-8-15)25(22,23)21-11-5-4-6-17-13-20(24-3)16(2)12-18(17)14-21/h7-10,12-13H,5,11,14H2,1-3H3. The van der Waals surface area contributed by atoms with E-state index in [0.29, 0.717) is 24.4 Å². The minimum Gasteiger partial charge on any atom is -0.496 e. The zero-order chi connectivity index (χ0) is 18.0. The zero-order valence-electron chi connectivity index (χ0n) is 14.7. The van der Waals surface area contributed by atoms with E-state index in [-0.39, 0.29) is 0 Å². The Morgan fingerprint density at radius 3 is 2.52 bits per heavy atom. The predicted molar refractivity (Wildman–Crippen MR) is 98.0 cm³/mol. The van der Waals surface area contributed by atoms with Crippen LogP contribution in [0.2, 0.25) is 0 Å². The van der Waals surface area contributed by atoms with Crippen LogP contribution in [-0.2, 0) is 16.6 Å². The van der Waals surface area contributed by atoms with Gasteiger partial charge in [0.05, 0.1) is 12.0 Å². The molecule has 0 radical (unpaired) electrons. The minimum absolute atomic E-state index is 0.311. The highest BCUT2D eigenvalue weighted by molar-refractivity contribution is 7.89. The summed E-state index contributed by atoms with van der Waals surface area (Å²) in [5.74, 6) is 6.97. The molecule has 0 atom stereocenters. The molecular formula is C20H21NO3S. The molecule has 4 nitrogen and oxygen atoms in total. The van der Waals surface area contributed by atoms with E-state index in [9.17, 15) is 8.42 Å². The molecule has 2 aromatic rings. The molecule has 5 heteroatoms. The Kier molecular flexibility index (Phi) is 4.85. The highest BCUT2D eigenvalue weighted by atomic mass is 32.2. The predicted octanol–water partition coefficient (Wildman–Crippen LogP) is 3.26. The monoisotopic (exact) mass is 355 g/mol. The van der Waals surface area contributed by atoms with E-state index in [4.69, 9.17) is 4.74 Å². The highest BCUT2D eigenvalue weighted by Gasteiger charge is 2.26. The molecule has 0 aromatic heterocycles. The first kappa shape index (κ1) is 17.5. The van der Waals surface area contributed by atoms with Crippen LogP contribution >= 0.6 is 0 Å². The van der Waals surface area contributed by atoms with Crippen molar-refractivity contribution < 1.29 is 13.2 Å². The highest BCUT2D eigenvalue weighted by Crippen LogP contribution is 2.27. The maximum absolute atomic E-state index is 13.0. The van der Waals surface area contributed by atoms with Crippen molar-refractivity contribution in [2.45, 2.75) is 31.7 Å². The molecule has 25 heavy (non-hydrogen) atoms. The third-order valence-electron chi connectivity index (χ3n) is 4.34. The molecular weight excluding hydrogens is 334 g/mol. The second-order valence-corrected chi connectivity index (χ2v) is 8.12. The summed E-state index contributed by atoms with van der Waals surface area (Å²) >= 11 is 0. The normalized spacial score (nSPS) is 14.7. The molecule has 130 valence electrons. The summed E-state index contributed by atoms with van der Waals surface area (Å²) in [4.78, 5) is 0.318. The molecule has 1 aliphatic rings. The lowest BCUT2D eigenvalue weighted by molar-refractivity contribution is 0.405. The quantitative estimate of drug-likeness (QED) is 0.794. The van der Waals surface area contributed by atoms with E-state index in [0.717, 1.165) is 28.0 Å². The number of ether oxygens (including phenoxy) is 1. The van der Waals surface area contributed by atoms with Crippen LogP contribution in [0.5, 0.6) is 5.75 Å². The van der Waals surface area contributed by atoms with E-state index in [1.165, 1.54) is 4.31 Å². The van der Waals surface area contributed by atoms with Crippen LogP contribution in [0.4, 0.5) is 0 Å². The minimum atomic E-state index is -3.56. The number of aryl methyl sites for hydroxylation is 2. The fourth-order valence-electron chi connectivity index (χ4n) is 2.89. The third-order valence-corrected chi connectivity index (χ3v) is 6.19. The Morgan fingerprint density at radius 2 is 1.84 bits per heavy atom. The zero-order valence-corrected chi connectivity index (χ0v) is 15.5. The van der Waals surface area contributed by atoms with Crippen molar-refractivity contribution in [1.29, 1.82) is 0 Å². The summed E-state index contributed by atoms with van der Waals surface area (Å²) in [6.45, 7) is 4.58. The molecule has 3 rings (SSSR count). The van der Waals surface area contributed by atoms with E-state index in [2.05, 4.69) is 11.8 Å². The van der Waals surface area contributed by atoms with Crippen LogP contribution in [-0.4, -0.2) is 26.4 Å². The molecule has 0 bridgehead atoms. The van der Waals surface area contributed by atoms with Crippen molar-refractivity contribution in [3.05, 3.63) is 58.7 Å². The van der Waals surface area contributed by atoms with Crippen LogP contribution in [0, 0.1) is 25.7 Å². The fourth-order valence-corrected chi connectivity index (χ4v) is 4.31. The van der Waals surface area contributed by atoms with Crippen molar-refractivity contribution >= 4 is 10.0 Å². The number of fused-ring (bicyclic) bond motifs is 1. The number of hydrogen-bond acceptors (Lipinski definition) is 3. The molecule has 0 aliphatic carbocycles. The molecule has 1 heterocycles. The maximum Gasteiger partial charge on any atom is 0.243 e. The largest absolute Gasteiger partial charge is 0.496 e. The second-order valence-electron chi connectivity index (χ2n) is 6.18. The molecule has 0 unspecified atom stereocenters.